The second-order valence-electron chi connectivity index (χ2n) is 5.38. The zero-order chi connectivity index (χ0) is 14.3. The van der Waals surface area contributed by atoms with Crippen LogP contribution in [0.25, 0.3) is 16.6 Å². The largest absolute Gasteiger partial charge is 0.313 e. The van der Waals surface area contributed by atoms with Gasteiger partial charge in [-0.2, -0.15) is 0 Å². The molecule has 3 aromatic rings. The van der Waals surface area contributed by atoms with Gasteiger partial charge in [0.05, 0.1) is 5.69 Å². The summed E-state index contributed by atoms with van der Waals surface area (Å²) in [6.45, 7) is 6.19. The topological polar surface area (TPSA) is 21.5 Å². The molecule has 1 aromatic carbocycles. The number of nitrogens with zero attached hydrogens (tertiary/aromatic N) is 1. The molecule has 2 heterocycles. The predicted octanol–water partition coefficient (Wildman–Crippen LogP) is 4.34. The first-order valence-electron chi connectivity index (χ1n) is 6.74. The molecule has 2 aromatic heterocycles. The molecule has 100 valence electrons. The molecule has 0 unspecified atom stereocenters. The quantitative estimate of drug-likeness (QED) is 0.630. The molecule has 0 radical (unpaired) electrons. The number of pyridine rings is 1. The highest BCUT2D eigenvalue weighted by molar-refractivity contribution is 5.90. The minimum Gasteiger partial charge on any atom is -0.313 e. The summed E-state index contributed by atoms with van der Waals surface area (Å²) < 4.78 is 1.97. The Bertz CT molecular complexity index is 812. The van der Waals surface area contributed by atoms with Gasteiger partial charge in [0.2, 0.25) is 0 Å². The second kappa shape index (κ2) is 4.64. The normalized spacial score (nSPS) is 10.9. The summed E-state index contributed by atoms with van der Waals surface area (Å²) >= 11 is 0. The first kappa shape index (κ1) is 12.7. The van der Waals surface area contributed by atoms with E-state index in [1.165, 1.54) is 11.1 Å². The zero-order valence-electron chi connectivity index (χ0n) is 12.0. The molecule has 0 aliphatic carbocycles. The lowest BCUT2D eigenvalue weighted by molar-refractivity contribution is 0.111. The number of aromatic nitrogens is 1. The van der Waals surface area contributed by atoms with Gasteiger partial charge < -0.3 is 4.40 Å². The number of benzene rings is 1. The molecule has 0 saturated carbocycles. The Balaban J connectivity index is 2.36. The molecule has 0 aliphatic heterocycles. The Hall–Kier alpha value is -2.35. The first-order valence-corrected chi connectivity index (χ1v) is 6.74. The van der Waals surface area contributed by atoms with E-state index in [1.54, 1.807) is 0 Å². The number of hydrogen-bond donors (Lipinski definition) is 0. The van der Waals surface area contributed by atoms with E-state index < -0.39 is 0 Å². The molecule has 2 heteroatoms. The molecule has 0 aliphatic rings. The van der Waals surface area contributed by atoms with E-state index in [0.717, 1.165) is 34.2 Å². The Morgan fingerprint density at radius 3 is 2.40 bits per heavy atom. The van der Waals surface area contributed by atoms with E-state index in [1.807, 2.05) is 17.5 Å². The first-order chi connectivity index (χ1) is 9.60. The maximum Gasteiger partial charge on any atom is 0.167 e. The Morgan fingerprint density at radius 1 is 0.900 bits per heavy atom. The van der Waals surface area contributed by atoms with Crippen LogP contribution in [-0.2, 0) is 0 Å². The van der Waals surface area contributed by atoms with Crippen LogP contribution in [0.4, 0.5) is 0 Å². The highest BCUT2D eigenvalue weighted by Crippen LogP contribution is 2.30. The fourth-order valence-electron chi connectivity index (χ4n) is 2.66. The van der Waals surface area contributed by atoms with E-state index in [-0.39, 0.29) is 0 Å². The zero-order valence-corrected chi connectivity index (χ0v) is 12.0. The lowest BCUT2D eigenvalue weighted by Gasteiger charge is -2.06. The molecule has 0 N–H and O–H groups in total. The summed E-state index contributed by atoms with van der Waals surface area (Å²) in [6, 6.07) is 12.6. The summed E-state index contributed by atoms with van der Waals surface area (Å²) in [7, 11) is 0. The fourth-order valence-corrected chi connectivity index (χ4v) is 2.66. The van der Waals surface area contributed by atoms with Crippen LogP contribution in [0.1, 0.15) is 27.2 Å². The van der Waals surface area contributed by atoms with Gasteiger partial charge in [0.1, 0.15) is 0 Å². The third-order valence-electron chi connectivity index (χ3n) is 3.75. The Labute approximate surface area is 118 Å². The Kier molecular flexibility index (Phi) is 2.94. The molecule has 3 rings (SSSR count). The van der Waals surface area contributed by atoms with Crippen molar-refractivity contribution in [2.24, 2.45) is 0 Å². The molecule has 20 heavy (non-hydrogen) atoms. The average Bonchev–Trinajstić information content (AvgIpc) is 2.79. The molecule has 0 fully saturated rings. The van der Waals surface area contributed by atoms with Crippen molar-refractivity contribution in [2.45, 2.75) is 20.8 Å². The van der Waals surface area contributed by atoms with Gasteiger partial charge in [-0.15, -0.1) is 0 Å². The van der Waals surface area contributed by atoms with Gasteiger partial charge in [0.15, 0.2) is 6.29 Å². The van der Waals surface area contributed by atoms with Gasteiger partial charge in [-0.05, 0) is 49.6 Å². The molecular weight excluding hydrogens is 246 g/mol. The van der Waals surface area contributed by atoms with E-state index in [9.17, 15) is 4.79 Å². The van der Waals surface area contributed by atoms with E-state index in [0.29, 0.717) is 0 Å². The number of hydrogen-bond acceptors (Lipinski definition) is 1. The molecular formula is C18H17NO. The van der Waals surface area contributed by atoms with Gasteiger partial charge >= 0.3 is 0 Å². The van der Waals surface area contributed by atoms with Crippen molar-refractivity contribution in [2.75, 3.05) is 0 Å². The molecule has 0 atom stereocenters. The average molecular weight is 263 g/mol. The molecule has 0 bridgehead atoms. The number of aldehydes is 1. The van der Waals surface area contributed by atoms with Crippen LogP contribution in [-0.4, -0.2) is 10.7 Å². The van der Waals surface area contributed by atoms with Crippen molar-refractivity contribution in [1.82, 2.24) is 4.40 Å². The molecule has 0 saturated heterocycles. The van der Waals surface area contributed by atoms with Crippen molar-refractivity contribution in [3.63, 3.8) is 0 Å². The van der Waals surface area contributed by atoms with Crippen molar-refractivity contribution in [1.29, 1.82) is 0 Å². The summed E-state index contributed by atoms with van der Waals surface area (Å²) in [6.07, 6.45) is 2.96. The molecule has 0 amide bonds. The minimum absolute atomic E-state index is 0.720. The lowest BCUT2D eigenvalue weighted by Crippen LogP contribution is -1.94. The van der Waals surface area contributed by atoms with Crippen molar-refractivity contribution < 1.29 is 4.79 Å². The summed E-state index contributed by atoms with van der Waals surface area (Å²) in [5.74, 6) is 0. The van der Waals surface area contributed by atoms with Crippen molar-refractivity contribution in [3.05, 3.63) is 65.0 Å². The monoisotopic (exact) mass is 263 g/mol. The summed E-state index contributed by atoms with van der Waals surface area (Å²) in [4.78, 5) is 11.6. The minimum atomic E-state index is 0.720. The summed E-state index contributed by atoms with van der Waals surface area (Å²) in [5, 5.41) is 0. The smallest absolute Gasteiger partial charge is 0.167 e. The number of aryl methyl sites for hydroxylation is 3. The fraction of sp³-hybridized carbons (Fsp3) is 0.167. The molecule has 0 spiro atoms. The second-order valence-corrected chi connectivity index (χ2v) is 5.38. The van der Waals surface area contributed by atoms with Gasteiger partial charge in [0.25, 0.3) is 0 Å². The van der Waals surface area contributed by atoms with Crippen LogP contribution in [0.3, 0.4) is 0 Å². The Morgan fingerprint density at radius 2 is 1.65 bits per heavy atom. The van der Waals surface area contributed by atoms with Crippen LogP contribution in [0, 0.1) is 20.8 Å². The summed E-state index contributed by atoms with van der Waals surface area (Å²) in [5.41, 5.74) is 7.44. The van der Waals surface area contributed by atoms with Gasteiger partial charge in [-0.25, -0.2) is 0 Å². The number of fused-ring (bicyclic) bond motifs is 1. The van der Waals surface area contributed by atoms with Crippen LogP contribution in [0.15, 0.2) is 42.6 Å². The predicted molar refractivity (Wildman–Crippen MR) is 82.4 cm³/mol. The third kappa shape index (κ3) is 1.94. The highest BCUT2D eigenvalue weighted by atomic mass is 16.1. The molecule has 2 nitrogen and oxygen atoms in total. The SMILES string of the molecule is Cc1ccc(C)c(-c2cc3ccc(C)cn3c2C=O)c1. The number of carbonyl (C=O) groups excluding carboxylic acids is 1. The number of carbonyl (C=O) groups is 1. The van der Waals surface area contributed by atoms with E-state index >= 15 is 0 Å². The standard InChI is InChI=1S/C18H17NO/c1-12-4-6-14(3)16(8-12)17-9-15-7-5-13(2)10-19(15)18(17)11-20/h4-11H,1-3H3. The van der Waals surface area contributed by atoms with Crippen LogP contribution >= 0.6 is 0 Å². The maximum absolute atomic E-state index is 11.6. The van der Waals surface area contributed by atoms with Gasteiger partial charge in [-0.3, -0.25) is 4.79 Å². The maximum atomic E-state index is 11.6. The highest BCUT2D eigenvalue weighted by Gasteiger charge is 2.13. The van der Waals surface area contributed by atoms with Crippen molar-refractivity contribution in [3.8, 4) is 11.1 Å². The van der Waals surface area contributed by atoms with Crippen LogP contribution < -0.4 is 0 Å². The van der Waals surface area contributed by atoms with E-state index in [2.05, 4.69) is 50.2 Å². The van der Waals surface area contributed by atoms with Gasteiger partial charge in [0, 0.05) is 17.3 Å². The van der Waals surface area contributed by atoms with Crippen molar-refractivity contribution >= 4 is 11.8 Å². The van der Waals surface area contributed by atoms with Crippen LogP contribution in [0.2, 0.25) is 0 Å². The lowest BCUT2D eigenvalue weighted by atomic mass is 9.99. The van der Waals surface area contributed by atoms with Crippen LogP contribution in [0.5, 0.6) is 0 Å². The van der Waals surface area contributed by atoms with E-state index in [4.69, 9.17) is 0 Å². The van der Waals surface area contributed by atoms with Gasteiger partial charge in [-0.1, -0.05) is 29.8 Å². The third-order valence-corrected chi connectivity index (χ3v) is 3.75. The number of rotatable bonds is 2.